The van der Waals surface area contributed by atoms with Crippen LogP contribution in [0.2, 0.25) is 0 Å². The van der Waals surface area contributed by atoms with E-state index >= 15 is 0 Å². The number of ether oxygens (including phenoxy) is 2. The molecule has 0 radical (unpaired) electrons. The van der Waals surface area contributed by atoms with E-state index in [1.807, 2.05) is 97.1 Å². The van der Waals surface area contributed by atoms with E-state index < -0.39 is 11.9 Å². The molecule has 0 heterocycles. The lowest BCUT2D eigenvalue weighted by molar-refractivity contribution is -0.141. The second-order valence-corrected chi connectivity index (χ2v) is 9.83. The molecule has 0 saturated carbocycles. The number of carbonyl (C=O) groups is 2. The van der Waals surface area contributed by atoms with Crippen LogP contribution in [0.5, 0.6) is 11.5 Å². The molecular formula is C32H28N2O6S. The van der Waals surface area contributed by atoms with Crippen molar-refractivity contribution in [2.75, 3.05) is 0 Å². The molecule has 0 aliphatic rings. The summed E-state index contributed by atoms with van der Waals surface area (Å²) in [5.74, 6) is 0.146. The van der Waals surface area contributed by atoms with Gasteiger partial charge in [0.2, 0.25) is 0 Å². The lowest BCUT2D eigenvalue weighted by Crippen LogP contribution is -2.00. The summed E-state index contributed by atoms with van der Waals surface area (Å²) in [6.07, 6.45) is 2.90. The van der Waals surface area contributed by atoms with Crippen molar-refractivity contribution in [2.24, 2.45) is 10.3 Å². The number of oxime groups is 2. The molecule has 8 nitrogen and oxygen atoms in total. The summed E-state index contributed by atoms with van der Waals surface area (Å²) in [5.41, 5.74) is 3.33. The largest absolute Gasteiger partial charge is 0.488 e. The quantitative estimate of drug-likeness (QED) is 0.105. The molecule has 208 valence electrons. The summed E-state index contributed by atoms with van der Waals surface area (Å²) in [7, 11) is 0. The molecule has 0 aliphatic carbocycles. The first-order valence-electron chi connectivity index (χ1n) is 12.7. The van der Waals surface area contributed by atoms with Crippen molar-refractivity contribution in [3.63, 3.8) is 0 Å². The first-order valence-corrected chi connectivity index (χ1v) is 13.5. The molecule has 0 aliphatic heterocycles. The molecule has 0 bridgehead atoms. The number of carbonyl (C=O) groups excluding carboxylic acids is 2. The molecule has 0 fully saturated rings. The fourth-order valence-electron chi connectivity index (χ4n) is 3.57. The van der Waals surface area contributed by atoms with Crippen LogP contribution in [0.15, 0.2) is 117 Å². The van der Waals surface area contributed by atoms with Crippen molar-refractivity contribution in [2.45, 2.75) is 36.9 Å². The molecule has 4 aromatic carbocycles. The van der Waals surface area contributed by atoms with Gasteiger partial charge in [-0.25, -0.2) is 9.59 Å². The third kappa shape index (κ3) is 9.66. The minimum atomic E-state index is -0.518. The minimum Gasteiger partial charge on any atom is -0.488 e. The predicted molar refractivity (Wildman–Crippen MR) is 157 cm³/mol. The molecule has 0 aromatic heterocycles. The Hall–Kier alpha value is -4.89. The summed E-state index contributed by atoms with van der Waals surface area (Å²) < 4.78 is 12.1. The molecule has 0 spiro atoms. The first kappa shape index (κ1) is 29.1. The van der Waals surface area contributed by atoms with Gasteiger partial charge in [0.15, 0.2) is 0 Å². The normalized spacial score (nSPS) is 11.0. The first-order chi connectivity index (χ1) is 20.0. The summed E-state index contributed by atoms with van der Waals surface area (Å²) in [6.45, 7) is 3.31. The van der Waals surface area contributed by atoms with Gasteiger partial charge in [-0.2, -0.15) is 0 Å². The van der Waals surface area contributed by atoms with Crippen molar-refractivity contribution >= 4 is 36.1 Å². The number of hydrogen-bond acceptors (Lipinski definition) is 9. The van der Waals surface area contributed by atoms with E-state index in [-0.39, 0.29) is 0 Å². The zero-order valence-electron chi connectivity index (χ0n) is 22.6. The Morgan fingerprint density at radius 3 is 1.44 bits per heavy atom. The van der Waals surface area contributed by atoms with Crippen LogP contribution < -0.4 is 9.47 Å². The van der Waals surface area contributed by atoms with Gasteiger partial charge in [0.1, 0.15) is 24.7 Å². The summed E-state index contributed by atoms with van der Waals surface area (Å²) in [4.78, 5) is 33.7. The second-order valence-electron chi connectivity index (χ2n) is 8.68. The van der Waals surface area contributed by atoms with Gasteiger partial charge >= 0.3 is 11.9 Å². The minimum absolute atomic E-state index is 0.372. The van der Waals surface area contributed by atoms with Gasteiger partial charge < -0.3 is 19.1 Å². The van der Waals surface area contributed by atoms with Gasteiger partial charge in [-0.05, 0) is 47.5 Å². The second kappa shape index (κ2) is 15.0. The van der Waals surface area contributed by atoms with Crippen LogP contribution in [-0.4, -0.2) is 24.4 Å². The molecule has 0 N–H and O–H groups in total. The highest BCUT2D eigenvalue weighted by Crippen LogP contribution is 2.34. The predicted octanol–water partition coefficient (Wildman–Crippen LogP) is 6.79. The Kier molecular flexibility index (Phi) is 10.7. The van der Waals surface area contributed by atoms with Crippen LogP contribution in [0.1, 0.15) is 36.1 Å². The van der Waals surface area contributed by atoms with Crippen LogP contribution in [0, 0.1) is 0 Å². The Morgan fingerprint density at radius 1 is 0.634 bits per heavy atom. The van der Waals surface area contributed by atoms with Crippen molar-refractivity contribution in [1.82, 2.24) is 0 Å². The number of benzene rings is 4. The summed E-state index contributed by atoms with van der Waals surface area (Å²) in [5, 5.41) is 7.57. The molecule has 9 heteroatoms. The average molecular weight is 569 g/mol. The Bertz CT molecular complexity index is 1410. The van der Waals surface area contributed by atoms with Crippen molar-refractivity contribution in [3.05, 3.63) is 119 Å². The standard InChI is InChI=1S/C32H28N2O6S/c1-23(35)39-33-19-27-17-29(13-15-31(27)37-21-25-9-5-3-6-10-25)41-30-14-16-32(28(18-30)20-34-40-24(2)36)38-22-26-11-7-4-8-12-26/h3-20H,21-22H2,1-2H3. The molecule has 0 saturated heterocycles. The van der Waals surface area contributed by atoms with E-state index in [2.05, 4.69) is 10.3 Å². The number of nitrogens with zero attached hydrogens (tertiary/aromatic N) is 2. The van der Waals surface area contributed by atoms with Crippen LogP contribution in [0.4, 0.5) is 0 Å². The highest BCUT2D eigenvalue weighted by Gasteiger charge is 2.10. The van der Waals surface area contributed by atoms with E-state index in [0.717, 1.165) is 20.9 Å². The fourth-order valence-corrected chi connectivity index (χ4v) is 4.48. The van der Waals surface area contributed by atoms with Gasteiger partial charge in [-0.15, -0.1) is 0 Å². The topological polar surface area (TPSA) is 95.8 Å². The summed E-state index contributed by atoms with van der Waals surface area (Å²) >= 11 is 1.49. The average Bonchev–Trinajstić information content (AvgIpc) is 2.97. The van der Waals surface area contributed by atoms with Crippen molar-refractivity contribution in [1.29, 1.82) is 0 Å². The van der Waals surface area contributed by atoms with Gasteiger partial charge in [-0.3, -0.25) is 0 Å². The van der Waals surface area contributed by atoms with Gasteiger partial charge in [0, 0.05) is 34.8 Å². The van der Waals surface area contributed by atoms with Crippen LogP contribution in [0.3, 0.4) is 0 Å². The van der Waals surface area contributed by atoms with Gasteiger partial charge in [0.25, 0.3) is 0 Å². The maximum absolute atomic E-state index is 11.2. The SMILES string of the molecule is CC(=O)ON=Cc1cc(Sc2ccc(OCc3ccccc3)c(C=NOC(C)=O)c2)ccc1OCc1ccccc1. The molecular weight excluding hydrogens is 540 g/mol. The zero-order chi connectivity index (χ0) is 28.9. The van der Waals surface area contributed by atoms with E-state index in [9.17, 15) is 9.59 Å². The summed E-state index contributed by atoms with van der Waals surface area (Å²) in [6, 6.07) is 30.9. The molecule has 0 atom stereocenters. The van der Waals surface area contributed by atoms with E-state index in [1.54, 1.807) is 0 Å². The number of hydrogen-bond donors (Lipinski definition) is 0. The van der Waals surface area contributed by atoms with Gasteiger partial charge in [-0.1, -0.05) is 82.7 Å². The highest BCUT2D eigenvalue weighted by molar-refractivity contribution is 7.99. The van der Waals surface area contributed by atoms with Crippen LogP contribution in [0.25, 0.3) is 0 Å². The molecule has 4 aromatic rings. The zero-order valence-corrected chi connectivity index (χ0v) is 23.4. The smallest absolute Gasteiger partial charge is 0.331 e. The highest BCUT2D eigenvalue weighted by atomic mass is 32.2. The Morgan fingerprint density at radius 2 is 1.05 bits per heavy atom. The Labute approximate surface area is 242 Å². The van der Waals surface area contributed by atoms with E-state index in [1.165, 1.54) is 38.0 Å². The Balaban J connectivity index is 1.55. The molecule has 0 unspecified atom stereocenters. The molecule has 4 rings (SSSR count). The number of rotatable bonds is 12. The van der Waals surface area contributed by atoms with Crippen molar-refractivity contribution < 1.29 is 28.7 Å². The lowest BCUT2D eigenvalue weighted by Gasteiger charge is -2.13. The van der Waals surface area contributed by atoms with Crippen LogP contribution in [-0.2, 0) is 32.5 Å². The monoisotopic (exact) mass is 568 g/mol. The maximum Gasteiger partial charge on any atom is 0.331 e. The fraction of sp³-hybridized carbons (Fsp3) is 0.125. The molecule has 41 heavy (non-hydrogen) atoms. The van der Waals surface area contributed by atoms with Crippen molar-refractivity contribution in [3.8, 4) is 11.5 Å². The molecule has 0 amide bonds. The third-order valence-electron chi connectivity index (χ3n) is 5.42. The van der Waals surface area contributed by atoms with Crippen LogP contribution >= 0.6 is 11.8 Å². The van der Waals surface area contributed by atoms with E-state index in [0.29, 0.717) is 35.8 Å². The van der Waals surface area contributed by atoms with E-state index in [4.69, 9.17) is 19.1 Å². The maximum atomic E-state index is 11.2. The third-order valence-corrected chi connectivity index (χ3v) is 6.40. The lowest BCUT2D eigenvalue weighted by atomic mass is 10.2. The van der Waals surface area contributed by atoms with Gasteiger partial charge in [0.05, 0.1) is 12.4 Å².